The Kier molecular flexibility index (Phi) is 11.3. The van der Waals surface area contributed by atoms with Crippen molar-refractivity contribution in [3.8, 4) is 0 Å². The van der Waals surface area contributed by atoms with E-state index in [1.54, 1.807) is 0 Å². The average Bonchev–Trinajstić information content (AvgIpc) is 2.86. The lowest BCUT2D eigenvalue weighted by atomic mass is 10.3. The van der Waals surface area contributed by atoms with Crippen molar-refractivity contribution in [3.05, 3.63) is 103 Å². The van der Waals surface area contributed by atoms with Gasteiger partial charge >= 0.3 is 5.97 Å². The molecule has 0 saturated heterocycles. The maximum Gasteiger partial charge on any atom is 0.333 e. The lowest BCUT2D eigenvalue weighted by molar-refractivity contribution is -0.138. The van der Waals surface area contributed by atoms with Gasteiger partial charge in [0, 0.05) is 5.57 Å². The Labute approximate surface area is 208 Å². The Morgan fingerprint density at radius 1 is 0.800 bits per heavy atom. The number of ether oxygens (including phenoxy) is 1. The Hall–Kier alpha value is -2.83. The molecular weight excluding hydrogens is 483 g/mol. The number of hydrogen-bond donors (Lipinski definition) is 0. The SMILES string of the molecule is CCOC(=O)/C(C)=C/C[P+](c1ccccc1)(c1ccccc1)c1ccccc1.CCOS(=O)(=O)[O-]. The Morgan fingerprint density at radius 3 is 1.49 bits per heavy atom. The van der Waals surface area contributed by atoms with Crippen molar-refractivity contribution < 1.29 is 26.7 Å². The molecule has 8 heteroatoms. The lowest BCUT2D eigenvalue weighted by Crippen LogP contribution is -2.33. The Bertz CT molecular complexity index is 1080. The molecule has 3 rings (SSSR count). The third-order valence-corrected chi connectivity index (χ3v) is 9.92. The molecule has 0 unspecified atom stereocenters. The van der Waals surface area contributed by atoms with Crippen LogP contribution in [0, 0.1) is 0 Å². The highest BCUT2D eigenvalue weighted by atomic mass is 32.3. The normalized spacial score (nSPS) is 11.8. The van der Waals surface area contributed by atoms with Crippen LogP contribution in [0.25, 0.3) is 0 Å². The van der Waals surface area contributed by atoms with Crippen LogP contribution in [-0.4, -0.2) is 38.3 Å². The first-order valence-corrected chi connectivity index (χ1v) is 14.5. The summed E-state index contributed by atoms with van der Waals surface area (Å²) < 4.78 is 37.2. The minimum absolute atomic E-state index is 0.0914. The van der Waals surface area contributed by atoms with E-state index in [-0.39, 0.29) is 12.6 Å². The quantitative estimate of drug-likeness (QED) is 0.141. The van der Waals surface area contributed by atoms with Gasteiger partial charge in [-0.2, -0.15) is 0 Å². The van der Waals surface area contributed by atoms with Gasteiger partial charge in [0.2, 0.25) is 10.4 Å². The van der Waals surface area contributed by atoms with Crippen molar-refractivity contribution in [2.24, 2.45) is 0 Å². The molecule has 0 saturated carbocycles. The number of rotatable bonds is 9. The number of hydrogen-bond acceptors (Lipinski definition) is 6. The zero-order valence-electron chi connectivity index (χ0n) is 20.2. The van der Waals surface area contributed by atoms with Crippen LogP contribution < -0.4 is 15.9 Å². The zero-order chi connectivity index (χ0) is 25.7. The van der Waals surface area contributed by atoms with Crippen LogP contribution in [-0.2, 0) is 24.1 Å². The van der Waals surface area contributed by atoms with Gasteiger partial charge in [0.25, 0.3) is 0 Å². The standard InChI is InChI=1S/C25H26O2P.C2H6O4S/c1-3-27-25(26)21(2)19-20-28(22-13-7-4-8-14-22,23-15-9-5-10-16-23)24-17-11-6-12-18-24;1-2-6-7(3,4)5/h4-19H,3,20H2,1-2H3;2H2,1H3,(H,3,4,5)/q+1;/p-1/b21-19+;. The van der Waals surface area contributed by atoms with E-state index in [1.165, 1.54) is 22.8 Å². The minimum Gasteiger partial charge on any atom is -0.726 e. The van der Waals surface area contributed by atoms with Gasteiger partial charge < -0.3 is 9.29 Å². The van der Waals surface area contributed by atoms with Crippen LogP contribution in [0.2, 0.25) is 0 Å². The molecule has 0 spiro atoms. The van der Waals surface area contributed by atoms with Crippen LogP contribution in [0.3, 0.4) is 0 Å². The van der Waals surface area contributed by atoms with Crippen LogP contribution in [0.5, 0.6) is 0 Å². The topological polar surface area (TPSA) is 92.7 Å². The average molecular weight is 515 g/mol. The fourth-order valence-electron chi connectivity index (χ4n) is 3.56. The number of allylic oxidation sites excluding steroid dienone is 1. The molecule has 0 aliphatic carbocycles. The van der Waals surface area contributed by atoms with Gasteiger partial charge in [0.05, 0.1) is 19.4 Å². The third kappa shape index (κ3) is 8.41. The van der Waals surface area contributed by atoms with Crippen LogP contribution in [0.4, 0.5) is 0 Å². The van der Waals surface area contributed by atoms with Gasteiger partial charge in [-0.15, -0.1) is 0 Å². The van der Waals surface area contributed by atoms with E-state index < -0.39 is 17.7 Å². The van der Waals surface area contributed by atoms with Gasteiger partial charge in [0.1, 0.15) is 23.2 Å². The van der Waals surface area contributed by atoms with Crippen molar-refractivity contribution in [2.45, 2.75) is 20.8 Å². The van der Waals surface area contributed by atoms with E-state index in [2.05, 4.69) is 83.1 Å². The summed E-state index contributed by atoms with van der Waals surface area (Å²) in [6.07, 6.45) is 2.83. The fraction of sp³-hybridized carbons (Fsp3) is 0.222. The minimum atomic E-state index is -4.42. The summed E-state index contributed by atoms with van der Waals surface area (Å²) in [5.41, 5.74) is 0.661. The predicted octanol–water partition coefficient (Wildman–Crippen LogP) is 3.97. The highest BCUT2D eigenvalue weighted by molar-refractivity contribution is 7.95. The molecule has 0 aliphatic heterocycles. The van der Waals surface area contributed by atoms with E-state index in [4.69, 9.17) is 4.74 Å². The van der Waals surface area contributed by atoms with Crippen molar-refractivity contribution in [2.75, 3.05) is 19.4 Å². The highest BCUT2D eigenvalue weighted by Gasteiger charge is 2.44. The molecule has 35 heavy (non-hydrogen) atoms. The Balaban J connectivity index is 0.000000540. The third-order valence-electron chi connectivity index (χ3n) is 5.12. The van der Waals surface area contributed by atoms with Crippen LogP contribution >= 0.6 is 7.26 Å². The maximum absolute atomic E-state index is 12.2. The molecule has 0 bridgehead atoms. The van der Waals surface area contributed by atoms with Crippen molar-refractivity contribution in [1.82, 2.24) is 0 Å². The second kappa shape index (κ2) is 13.9. The number of carbonyl (C=O) groups excluding carboxylic acids is 1. The summed E-state index contributed by atoms with van der Waals surface area (Å²) in [6, 6.07) is 32.0. The number of carbonyl (C=O) groups is 1. The monoisotopic (exact) mass is 514 g/mol. The summed E-state index contributed by atoms with van der Waals surface area (Å²) >= 11 is 0. The first-order chi connectivity index (χ1) is 16.7. The maximum atomic E-state index is 12.2. The van der Waals surface area contributed by atoms with Crippen LogP contribution in [0.1, 0.15) is 20.8 Å². The molecule has 3 aromatic rings. The largest absolute Gasteiger partial charge is 0.726 e. The molecule has 0 fully saturated rings. The van der Waals surface area contributed by atoms with Gasteiger partial charge in [-0.25, -0.2) is 13.2 Å². The summed E-state index contributed by atoms with van der Waals surface area (Å²) in [5.74, 6) is -0.241. The molecule has 3 aromatic carbocycles. The lowest BCUT2D eigenvalue weighted by Gasteiger charge is -2.26. The van der Waals surface area contributed by atoms with E-state index >= 15 is 0 Å². The second-order valence-electron chi connectivity index (χ2n) is 7.42. The molecule has 0 atom stereocenters. The fourth-order valence-corrected chi connectivity index (χ4v) is 7.96. The van der Waals surface area contributed by atoms with E-state index in [9.17, 15) is 17.8 Å². The van der Waals surface area contributed by atoms with E-state index in [0.29, 0.717) is 12.2 Å². The Morgan fingerprint density at radius 2 is 1.20 bits per heavy atom. The van der Waals surface area contributed by atoms with E-state index in [1.807, 2.05) is 32.0 Å². The van der Waals surface area contributed by atoms with E-state index in [0.717, 1.165) is 6.16 Å². The molecule has 0 amide bonds. The number of esters is 1. The first kappa shape index (κ1) is 28.4. The molecular formula is C27H31O6PS. The molecule has 6 nitrogen and oxygen atoms in total. The van der Waals surface area contributed by atoms with Gasteiger partial charge in [0.15, 0.2) is 0 Å². The van der Waals surface area contributed by atoms with Gasteiger partial charge in [-0.1, -0.05) is 54.6 Å². The summed E-state index contributed by atoms with van der Waals surface area (Å²) in [4.78, 5) is 12.2. The second-order valence-corrected chi connectivity index (χ2v) is 12.0. The van der Waals surface area contributed by atoms with Crippen molar-refractivity contribution >= 4 is 39.5 Å². The van der Waals surface area contributed by atoms with Crippen molar-refractivity contribution in [3.63, 3.8) is 0 Å². The number of benzene rings is 3. The molecule has 0 N–H and O–H groups in total. The molecule has 0 aromatic heterocycles. The smallest absolute Gasteiger partial charge is 0.333 e. The van der Waals surface area contributed by atoms with Crippen LogP contribution in [0.15, 0.2) is 103 Å². The van der Waals surface area contributed by atoms with Gasteiger partial charge in [-0.3, -0.25) is 4.18 Å². The highest BCUT2D eigenvalue weighted by Crippen LogP contribution is 2.55. The van der Waals surface area contributed by atoms with Crippen molar-refractivity contribution in [1.29, 1.82) is 0 Å². The van der Waals surface area contributed by atoms with Gasteiger partial charge in [-0.05, 0) is 63.2 Å². The molecule has 0 heterocycles. The summed E-state index contributed by atoms with van der Waals surface area (Å²) in [7, 11) is -6.37. The zero-order valence-corrected chi connectivity index (χ0v) is 21.9. The summed E-state index contributed by atoms with van der Waals surface area (Å²) in [6.45, 7) is 5.40. The predicted molar refractivity (Wildman–Crippen MR) is 142 cm³/mol. The molecule has 0 radical (unpaired) electrons. The molecule has 186 valence electrons. The first-order valence-electron chi connectivity index (χ1n) is 11.2. The molecule has 0 aliphatic rings. The summed E-state index contributed by atoms with van der Waals surface area (Å²) in [5, 5.41) is 3.92.